The molecule has 11 heteroatoms. The molecule has 3 heterocycles. The molecule has 2 amide bonds. The highest BCUT2D eigenvalue weighted by Gasteiger charge is 2.37. The second-order valence-corrected chi connectivity index (χ2v) is 9.47. The van der Waals surface area contributed by atoms with E-state index in [9.17, 15) is 22.4 Å². The van der Waals surface area contributed by atoms with Crippen LogP contribution in [-0.4, -0.2) is 70.3 Å². The van der Waals surface area contributed by atoms with E-state index in [1.165, 1.54) is 6.07 Å². The molecule has 0 saturated carbocycles. The summed E-state index contributed by atoms with van der Waals surface area (Å²) in [6.45, 7) is 4.37. The fourth-order valence-electron chi connectivity index (χ4n) is 4.44. The van der Waals surface area contributed by atoms with Crippen molar-refractivity contribution < 1.29 is 27.1 Å². The third kappa shape index (κ3) is 5.39. The summed E-state index contributed by atoms with van der Waals surface area (Å²) in [5, 5.41) is 7.10. The summed E-state index contributed by atoms with van der Waals surface area (Å²) in [7, 11) is 0. The van der Waals surface area contributed by atoms with Crippen LogP contribution in [0.15, 0.2) is 24.3 Å². The SMILES string of the molecule is CCOc1cc(C2CC(c3ccc(C(F)(F)F)c(F)c3)CN(C(=O)N3CCSCC3)C2)[nH]n1. The predicted molar refractivity (Wildman–Crippen MR) is 117 cm³/mol. The van der Waals surface area contributed by atoms with Gasteiger partial charge in [-0.3, -0.25) is 5.10 Å². The van der Waals surface area contributed by atoms with Gasteiger partial charge < -0.3 is 14.5 Å². The molecule has 0 radical (unpaired) electrons. The number of alkyl halides is 3. The van der Waals surface area contributed by atoms with Crippen LogP contribution in [0.5, 0.6) is 5.88 Å². The molecule has 0 aliphatic carbocycles. The molecule has 4 rings (SSSR count). The Bertz CT molecular complexity index is 978. The number of likely N-dealkylation sites (tertiary alicyclic amines) is 1. The highest BCUT2D eigenvalue weighted by atomic mass is 32.2. The van der Waals surface area contributed by atoms with Gasteiger partial charge in [0.05, 0.1) is 12.2 Å². The van der Waals surface area contributed by atoms with Gasteiger partial charge in [0, 0.05) is 61.3 Å². The summed E-state index contributed by atoms with van der Waals surface area (Å²) in [5.41, 5.74) is -0.0587. The zero-order chi connectivity index (χ0) is 23.6. The fraction of sp³-hybridized carbons (Fsp3) is 0.545. The van der Waals surface area contributed by atoms with Gasteiger partial charge in [-0.15, -0.1) is 5.10 Å². The smallest absolute Gasteiger partial charge is 0.419 e. The van der Waals surface area contributed by atoms with Crippen LogP contribution < -0.4 is 4.74 Å². The Kier molecular flexibility index (Phi) is 7.06. The summed E-state index contributed by atoms with van der Waals surface area (Å²) >= 11 is 1.80. The fourth-order valence-corrected chi connectivity index (χ4v) is 5.34. The van der Waals surface area contributed by atoms with Gasteiger partial charge in [-0.05, 0) is 31.0 Å². The molecule has 2 fully saturated rings. The molecule has 2 atom stereocenters. The van der Waals surface area contributed by atoms with Crippen molar-refractivity contribution in [1.29, 1.82) is 0 Å². The zero-order valence-electron chi connectivity index (χ0n) is 18.2. The monoisotopic (exact) mass is 486 g/mol. The average molecular weight is 487 g/mol. The van der Waals surface area contributed by atoms with E-state index >= 15 is 0 Å². The van der Waals surface area contributed by atoms with E-state index in [-0.39, 0.29) is 17.9 Å². The standard InChI is InChI=1S/C22H26F4N4O2S/c1-2-32-20-11-19(27-28-20)16-9-15(14-3-4-17(18(23)10-14)22(24,25)26)12-30(13-16)21(31)29-5-7-33-8-6-29/h3-4,10-11,15-16H,2,5-9,12-13H2,1H3,(H,27,28). The number of rotatable bonds is 4. The van der Waals surface area contributed by atoms with Crippen molar-refractivity contribution in [2.24, 2.45) is 0 Å². The van der Waals surface area contributed by atoms with E-state index in [4.69, 9.17) is 4.74 Å². The number of ether oxygens (including phenoxy) is 1. The van der Waals surface area contributed by atoms with E-state index in [0.29, 0.717) is 50.7 Å². The molecule has 0 bridgehead atoms. The Labute approximate surface area is 193 Å². The first-order chi connectivity index (χ1) is 15.8. The molecule has 2 unspecified atom stereocenters. The van der Waals surface area contributed by atoms with Gasteiger partial charge in [0.1, 0.15) is 5.82 Å². The number of piperidine rings is 1. The van der Waals surface area contributed by atoms with Crippen LogP contribution in [0.4, 0.5) is 22.4 Å². The van der Waals surface area contributed by atoms with Gasteiger partial charge in [-0.25, -0.2) is 9.18 Å². The van der Waals surface area contributed by atoms with Crippen LogP contribution in [0.3, 0.4) is 0 Å². The van der Waals surface area contributed by atoms with Crippen LogP contribution in [0, 0.1) is 5.82 Å². The van der Waals surface area contributed by atoms with E-state index in [0.717, 1.165) is 29.3 Å². The topological polar surface area (TPSA) is 61.5 Å². The van der Waals surface area contributed by atoms with Crippen LogP contribution in [-0.2, 0) is 6.18 Å². The summed E-state index contributed by atoms with van der Waals surface area (Å²) in [6.07, 6.45) is -4.21. The highest BCUT2D eigenvalue weighted by Crippen LogP contribution is 2.38. The lowest BCUT2D eigenvalue weighted by atomic mass is 9.83. The molecule has 2 saturated heterocycles. The van der Waals surface area contributed by atoms with Crippen molar-refractivity contribution in [2.75, 3.05) is 44.3 Å². The largest absolute Gasteiger partial charge is 0.477 e. The maximum atomic E-state index is 14.3. The lowest BCUT2D eigenvalue weighted by molar-refractivity contribution is -0.140. The highest BCUT2D eigenvalue weighted by molar-refractivity contribution is 7.99. The molecule has 2 aromatic rings. The summed E-state index contributed by atoms with van der Waals surface area (Å²) < 4.78 is 58.8. The number of benzene rings is 1. The minimum Gasteiger partial charge on any atom is -0.477 e. The number of hydrogen-bond donors (Lipinski definition) is 1. The summed E-state index contributed by atoms with van der Waals surface area (Å²) in [5.74, 6) is 0.430. The first-order valence-corrected chi connectivity index (χ1v) is 12.1. The van der Waals surface area contributed by atoms with Crippen molar-refractivity contribution in [3.8, 4) is 5.88 Å². The van der Waals surface area contributed by atoms with E-state index in [1.54, 1.807) is 22.7 Å². The number of amides is 2. The summed E-state index contributed by atoms with van der Waals surface area (Å²) in [4.78, 5) is 16.8. The van der Waals surface area contributed by atoms with E-state index in [1.807, 2.05) is 11.8 Å². The Hall–Kier alpha value is -2.43. The van der Waals surface area contributed by atoms with E-state index < -0.39 is 17.6 Å². The van der Waals surface area contributed by atoms with Crippen LogP contribution in [0.2, 0.25) is 0 Å². The first kappa shape index (κ1) is 23.7. The number of nitrogens with zero attached hydrogens (tertiary/aromatic N) is 3. The number of aromatic amines is 1. The van der Waals surface area contributed by atoms with Gasteiger partial charge in [0.25, 0.3) is 0 Å². The zero-order valence-corrected chi connectivity index (χ0v) is 19.0. The minimum atomic E-state index is -4.75. The third-order valence-electron chi connectivity index (χ3n) is 6.08. The maximum Gasteiger partial charge on any atom is 0.419 e. The Morgan fingerprint density at radius 2 is 1.91 bits per heavy atom. The second kappa shape index (κ2) is 9.82. The molecule has 2 aliphatic heterocycles. The van der Waals surface area contributed by atoms with E-state index in [2.05, 4.69) is 10.2 Å². The number of carbonyl (C=O) groups excluding carboxylic acids is 1. The van der Waals surface area contributed by atoms with Crippen molar-refractivity contribution >= 4 is 17.8 Å². The number of aromatic nitrogens is 2. The number of halogens is 4. The number of thioether (sulfide) groups is 1. The second-order valence-electron chi connectivity index (χ2n) is 8.25. The lowest BCUT2D eigenvalue weighted by Gasteiger charge is -2.41. The molecule has 33 heavy (non-hydrogen) atoms. The molecule has 1 aromatic carbocycles. The maximum absolute atomic E-state index is 14.3. The van der Waals surface area contributed by atoms with Crippen molar-refractivity contribution in [2.45, 2.75) is 31.4 Å². The quantitative estimate of drug-likeness (QED) is 0.636. The normalized spacial score (nSPS) is 21.8. The van der Waals surface area contributed by atoms with Gasteiger partial charge in [0.2, 0.25) is 5.88 Å². The number of urea groups is 1. The number of hydrogen-bond acceptors (Lipinski definition) is 4. The van der Waals surface area contributed by atoms with Gasteiger partial charge >= 0.3 is 12.2 Å². The average Bonchev–Trinajstić information content (AvgIpc) is 3.27. The molecule has 0 spiro atoms. The molecular formula is C22H26F4N4O2S. The van der Waals surface area contributed by atoms with Crippen molar-refractivity contribution in [1.82, 2.24) is 20.0 Å². The van der Waals surface area contributed by atoms with Crippen molar-refractivity contribution in [3.63, 3.8) is 0 Å². The van der Waals surface area contributed by atoms with Gasteiger partial charge in [0.15, 0.2) is 0 Å². The van der Waals surface area contributed by atoms with Crippen molar-refractivity contribution in [3.05, 3.63) is 46.9 Å². The number of H-pyrrole nitrogens is 1. The van der Waals surface area contributed by atoms with Crippen LogP contribution in [0.1, 0.15) is 42.0 Å². The molecule has 2 aliphatic rings. The molecule has 180 valence electrons. The Morgan fingerprint density at radius 3 is 2.58 bits per heavy atom. The molecular weight excluding hydrogens is 460 g/mol. The first-order valence-electron chi connectivity index (χ1n) is 10.9. The summed E-state index contributed by atoms with van der Waals surface area (Å²) in [6, 6.07) is 4.74. The van der Waals surface area contributed by atoms with Crippen LogP contribution >= 0.6 is 11.8 Å². The molecule has 1 aromatic heterocycles. The van der Waals surface area contributed by atoms with Gasteiger partial charge in [-0.1, -0.05) is 6.07 Å². The number of nitrogens with one attached hydrogen (secondary N) is 1. The van der Waals surface area contributed by atoms with Gasteiger partial charge in [-0.2, -0.15) is 24.9 Å². The Balaban J connectivity index is 1.61. The Morgan fingerprint density at radius 1 is 1.18 bits per heavy atom. The van der Waals surface area contributed by atoms with Crippen LogP contribution in [0.25, 0.3) is 0 Å². The predicted octanol–water partition coefficient (Wildman–Crippen LogP) is 4.71. The molecule has 6 nitrogen and oxygen atoms in total. The number of carbonyl (C=O) groups is 1. The third-order valence-corrected chi connectivity index (χ3v) is 7.02. The molecule has 1 N–H and O–H groups in total. The minimum absolute atomic E-state index is 0.0954. The lowest BCUT2D eigenvalue weighted by Crippen LogP contribution is -2.51.